The number of thioether (sulfide) groups is 1. The van der Waals surface area contributed by atoms with E-state index < -0.39 is 29.3 Å². The molecule has 0 bridgehead atoms. The number of carbonyl (C=O) groups is 4. The SMILES string of the molecule is CCOC(=S)S[C@@H]1[C@@H](CC(=O)c2cccs2)N(C(C)=O)C(=O)N1C(C)=O. The van der Waals surface area contributed by atoms with E-state index in [-0.39, 0.29) is 16.6 Å². The lowest BCUT2D eigenvalue weighted by atomic mass is 10.1. The molecule has 26 heavy (non-hydrogen) atoms. The first-order valence-electron chi connectivity index (χ1n) is 7.81. The van der Waals surface area contributed by atoms with E-state index >= 15 is 0 Å². The molecule has 2 heterocycles. The molecule has 0 saturated carbocycles. The van der Waals surface area contributed by atoms with Crippen molar-refractivity contribution in [1.82, 2.24) is 9.80 Å². The molecule has 2 atom stereocenters. The molecule has 0 aliphatic carbocycles. The van der Waals surface area contributed by atoms with Crippen LogP contribution in [0.5, 0.6) is 0 Å². The Bertz CT molecular complexity index is 734. The fourth-order valence-corrected chi connectivity index (χ4v) is 4.84. The van der Waals surface area contributed by atoms with Crippen molar-refractivity contribution in [3.8, 4) is 0 Å². The van der Waals surface area contributed by atoms with Gasteiger partial charge in [-0.2, -0.15) is 0 Å². The number of imide groups is 2. The number of urea groups is 1. The van der Waals surface area contributed by atoms with E-state index in [0.29, 0.717) is 11.5 Å². The van der Waals surface area contributed by atoms with Gasteiger partial charge in [-0.25, -0.2) is 9.69 Å². The van der Waals surface area contributed by atoms with Crippen LogP contribution >= 0.6 is 35.3 Å². The van der Waals surface area contributed by atoms with Gasteiger partial charge >= 0.3 is 6.03 Å². The summed E-state index contributed by atoms with van der Waals surface area (Å²) in [5, 5.41) is 0.959. The van der Waals surface area contributed by atoms with Crippen molar-refractivity contribution in [1.29, 1.82) is 0 Å². The number of nitrogens with zero attached hydrogens (tertiary/aromatic N) is 2. The maximum atomic E-state index is 12.6. The van der Waals surface area contributed by atoms with Crippen LogP contribution in [0.4, 0.5) is 4.79 Å². The molecular weight excluding hydrogens is 396 g/mol. The number of hydrogen-bond donors (Lipinski definition) is 0. The van der Waals surface area contributed by atoms with Crippen molar-refractivity contribution in [2.24, 2.45) is 0 Å². The van der Waals surface area contributed by atoms with E-state index in [9.17, 15) is 19.2 Å². The number of amides is 4. The standard InChI is InChI=1S/C16H18N2O5S3/c1-4-23-16(24)26-14-11(8-12(21)13-6-5-7-25-13)17(9(2)19)15(22)18(14)10(3)20/h5-7,11,14H,4,8H2,1-3H3/t11-,14-/m1/s1. The minimum Gasteiger partial charge on any atom is -0.479 e. The minimum absolute atomic E-state index is 0.0952. The number of Topliss-reactive ketones (excluding diaryl/α,β-unsaturated/α-hetero) is 1. The van der Waals surface area contributed by atoms with Crippen LogP contribution in [0.3, 0.4) is 0 Å². The van der Waals surface area contributed by atoms with E-state index in [1.807, 2.05) is 0 Å². The van der Waals surface area contributed by atoms with E-state index in [1.165, 1.54) is 25.2 Å². The Kier molecular flexibility index (Phi) is 6.90. The van der Waals surface area contributed by atoms with Crippen LogP contribution < -0.4 is 0 Å². The van der Waals surface area contributed by atoms with Gasteiger partial charge in [0, 0.05) is 20.3 Å². The highest BCUT2D eigenvalue weighted by Gasteiger charge is 2.51. The molecule has 0 unspecified atom stereocenters. The van der Waals surface area contributed by atoms with Crippen molar-refractivity contribution in [2.75, 3.05) is 6.61 Å². The second kappa shape index (κ2) is 8.74. The summed E-state index contributed by atoms with van der Waals surface area (Å²) in [7, 11) is 0. The summed E-state index contributed by atoms with van der Waals surface area (Å²) in [4.78, 5) is 51.7. The van der Waals surface area contributed by atoms with Crippen LogP contribution in [0.15, 0.2) is 17.5 Å². The van der Waals surface area contributed by atoms with E-state index in [1.54, 1.807) is 24.4 Å². The van der Waals surface area contributed by atoms with Crippen LogP contribution in [0.25, 0.3) is 0 Å². The van der Waals surface area contributed by atoms with Gasteiger partial charge in [0.25, 0.3) is 0 Å². The van der Waals surface area contributed by atoms with Gasteiger partial charge in [-0.15, -0.1) is 11.3 Å². The van der Waals surface area contributed by atoms with Crippen molar-refractivity contribution in [3.05, 3.63) is 22.4 Å². The van der Waals surface area contributed by atoms with Crippen molar-refractivity contribution < 1.29 is 23.9 Å². The monoisotopic (exact) mass is 414 g/mol. The summed E-state index contributed by atoms with van der Waals surface area (Å²) in [6, 6.07) is 1.86. The summed E-state index contributed by atoms with van der Waals surface area (Å²) in [6.45, 7) is 4.56. The largest absolute Gasteiger partial charge is 0.479 e. The number of ketones is 1. The minimum atomic E-state index is -0.818. The van der Waals surface area contributed by atoms with Gasteiger partial charge in [-0.3, -0.25) is 19.3 Å². The Morgan fingerprint density at radius 2 is 1.92 bits per heavy atom. The molecule has 1 aromatic heterocycles. The Morgan fingerprint density at radius 3 is 2.42 bits per heavy atom. The van der Waals surface area contributed by atoms with Gasteiger partial charge in [0.1, 0.15) is 5.37 Å². The van der Waals surface area contributed by atoms with Gasteiger partial charge in [0.2, 0.25) is 16.2 Å². The molecule has 2 rings (SSSR count). The average Bonchev–Trinajstić information content (AvgIpc) is 3.15. The number of rotatable bonds is 5. The fraction of sp³-hybridized carbons (Fsp3) is 0.438. The lowest BCUT2D eigenvalue weighted by molar-refractivity contribution is -0.126. The number of ether oxygens (including phenoxy) is 1. The van der Waals surface area contributed by atoms with E-state index in [0.717, 1.165) is 21.6 Å². The molecule has 1 aliphatic rings. The smallest absolute Gasteiger partial charge is 0.334 e. The molecule has 0 radical (unpaired) electrons. The van der Waals surface area contributed by atoms with Crippen molar-refractivity contribution >= 4 is 63.3 Å². The third-order valence-corrected chi connectivity index (χ3v) is 6.07. The highest BCUT2D eigenvalue weighted by Crippen LogP contribution is 2.35. The second-order valence-corrected chi connectivity index (χ2v) is 8.09. The summed E-state index contributed by atoms with van der Waals surface area (Å²) in [5.41, 5.74) is 0. The lowest BCUT2D eigenvalue weighted by Crippen LogP contribution is -2.40. The van der Waals surface area contributed by atoms with Crippen molar-refractivity contribution in [2.45, 2.75) is 38.6 Å². The predicted octanol–water partition coefficient (Wildman–Crippen LogP) is 2.90. The summed E-state index contributed by atoms with van der Waals surface area (Å²) in [6.07, 6.45) is -0.0952. The van der Waals surface area contributed by atoms with Crippen LogP contribution in [0.1, 0.15) is 36.9 Å². The first-order valence-corrected chi connectivity index (χ1v) is 9.98. The predicted molar refractivity (Wildman–Crippen MR) is 103 cm³/mol. The summed E-state index contributed by atoms with van der Waals surface area (Å²) < 4.78 is 5.40. The number of thiophene rings is 1. The summed E-state index contributed by atoms with van der Waals surface area (Å²) >= 11 is 7.39. The van der Waals surface area contributed by atoms with Gasteiger partial charge in [0.15, 0.2) is 5.78 Å². The zero-order chi connectivity index (χ0) is 19.4. The lowest BCUT2D eigenvalue weighted by Gasteiger charge is -2.24. The van der Waals surface area contributed by atoms with Crippen LogP contribution in [-0.2, 0) is 14.3 Å². The maximum absolute atomic E-state index is 12.6. The molecular formula is C16H18N2O5S3. The number of thiocarbonyl (C=S) groups is 1. The van der Waals surface area contributed by atoms with Gasteiger partial charge in [-0.05, 0) is 42.3 Å². The topological polar surface area (TPSA) is 84.0 Å². The van der Waals surface area contributed by atoms with E-state index in [4.69, 9.17) is 17.0 Å². The Balaban J connectivity index is 2.36. The maximum Gasteiger partial charge on any atom is 0.334 e. The van der Waals surface area contributed by atoms with Gasteiger partial charge in [0.05, 0.1) is 17.5 Å². The third kappa shape index (κ3) is 4.30. The fourth-order valence-electron chi connectivity index (χ4n) is 2.65. The molecule has 1 aromatic rings. The molecule has 0 spiro atoms. The quantitative estimate of drug-likeness (QED) is 0.541. The zero-order valence-electron chi connectivity index (χ0n) is 14.5. The molecule has 140 valence electrons. The number of hydrogen-bond acceptors (Lipinski definition) is 8. The third-order valence-electron chi connectivity index (χ3n) is 3.68. The molecule has 1 aliphatic heterocycles. The summed E-state index contributed by atoms with van der Waals surface area (Å²) in [5.74, 6) is -1.26. The van der Waals surface area contributed by atoms with E-state index in [2.05, 4.69) is 0 Å². The zero-order valence-corrected chi connectivity index (χ0v) is 16.9. The molecule has 10 heteroatoms. The number of carbonyl (C=O) groups excluding carboxylic acids is 4. The second-order valence-electron chi connectivity index (χ2n) is 5.42. The molecule has 4 amide bonds. The average molecular weight is 415 g/mol. The van der Waals surface area contributed by atoms with Gasteiger partial charge in [-0.1, -0.05) is 6.07 Å². The van der Waals surface area contributed by atoms with Gasteiger partial charge < -0.3 is 4.74 Å². The van der Waals surface area contributed by atoms with Crippen molar-refractivity contribution in [3.63, 3.8) is 0 Å². The first kappa shape index (κ1) is 20.5. The highest BCUT2D eigenvalue weighted by molar-refractivity contribution is 8.23. The molecule has 0 aromatic carbocycles. The normalized spacial score (nSPS) is 19.6. The highest BCUT2D eigenvalue weighted by atomic mass is 32.2. The molecule has 1 saturated heterocycles. The Hall–Kier alpha value is -1.78. The van der Waals surface area contributed by atoms with Crippen LogP contribution in [-0.4, -0.2) is 55.8 Å². The molecule has 7 nitrogen and oxygen atoms in total. The Morgan fingerprint density at radius 1 is 1.27 bits per heavy atom. The Labute approximate surface area is 164 Å². The van der Waals surface area contributed by atoms with Crippen LogP contribution in [0.2, 0.25) is 0 Å². The van der Waals surface area contributed by atoms with Crippen LogP contribution in [0, 0.1) is 0 Å². The molecule has 0 N–H and O–H groups in total. The molecule has 1 fully saturated rings. The first-order chi connectivity index (χ1) is 12.3.